The molecule has 0 spiro atoms. The standard InChI is InChI=1S/C6H10Cl2O2/c1-2-5(8)3-6(9)10-4-7/h5H,2-4H2,1H3. The predicted octanol–water partition coefficient (Wildman–Crippen LogP) is 2.13. The lowest BCUT2D eigenvalue weighted by molar-refractivity contribution is -0.141. The smallest absolute Gasteiger partial charge is 0.308 e. The Hall–Kier alpha value is 0.0500. The molecule has 0 N–H and O–H groups in total. The minimum atomic E-state index is -0.336. The van der Waals surface area contributed by atoms with Crippen molar-refractivity contribution in [2.24, 2.45) is 0 Å². The highest BCUT2D eigenvalue weighted by Crippen LogP contribution is 2.07. The Morgan fingerprint density at radius 1 is 1.70 bits per heavy atom. The van der Waals surface area contributed by atoms with Crippen molar-refractivity contribution in [1.82, 2.24) is 0 Å². The minimum Gasteiger partial charge on any atom is -0.449 e. The highest BCUT2D eigenvalue weighted by Gasteiger charge is 2.08. The van der Waals surface area contributed by atoms with Crippen LogP contribution in [-0.2, 0) is 9.53 Å². The average Bonchev–Trinajstić information content (AvgIpc) is 1.88. The van der Waals surface area contributed by atoms with Gasteiger partial charge in [0.1, 0.15) is 0 Å². The van der Waals surface area contributed by atoms with Crippen molar-refractivity contribution in [2.75, 3.05) is 6.07 Å². The highest BCUT2D eigenvalue weighted by atomic mass is 35.5. The molecule has 60 valence electrons. The summed E-state index contributed by atoms with van der Waals surface area (Å²) in [7, 11) is 0. The van der Waals surface area contributed by atoms with Crippen LogP contribution in [0.3, 0.4) is 0 Å². The van der Waals surface area contributed by atoms with Gasteiger partial charge >= 0.3 is 5.97 Å². The largest absolute Gasteiger partial charge is 0.449 e. The number of halogens is 2. The van der Waals surface area contributed by atoms with E-state index in [2.05, 4.69) is 4.74 Å². The first-order chi connectivity index (χ1) is 4.70. The third-order valence-corrected chi connectivity index (χ3v) is 1.62. The Balaban J connectivity index is 3.37. The van der Waals surface area contributed by atoms with Crippen molar-refractivity contribution in [3.63, 3.8) is 0 Å². The van der Waals surface area contributed by atoms with Gasteiger partial charge in [-0.25, -0.2) is 0 Å². The Morgan fingerprint density at radius 2 is 2.30 bits per heavy atom. The molecule has 0 fully saturated rings. The van der Waals surface area contributed by atoms with E-state index >= 15 is 0 Å². The quantitative estimate of drug-likeness (QED) is 0.495. The summed E-state index contributed by atoms with van der Waals surface area (Å²) >= 11 is 10.8. The molecular formula is C6H10Cl2O2. The molecule has 0 bridgehead atoms. The van der Waals surface area contributed by atoms with E-state index in [9.17, 15) is 4.79 Å². The molecule has 1 unspecified atom stereocenters. The molecule has 2 nitrogen and oxygen atoms in total. The zero-order chi connectivity index (χ0) is 7.98. The molecule has 0 aromatic heterocycles. The number of alkyl halides is 2. The van der Waals surface area contributed by atoms with Gasteiger partial charge in [-0.1, -0.05) is 18.5 Å². The van der Waals surface area contributed by atoms with Crippen molar-refractivity contribution in [2.45, 2.75) is 25.1 Å². The summed E-state index contributed by atoms with van der Waals surface area (Å²) in [4.78, 5) is 10.6. The topological polar surface area (TPSA) is 26.3 Å². The summed E-state index contributed by atoms with van der Waals surface area (Å²) < 4.78 is 4.46. The maximum atomic E-state index is 10.6. The van der Waals surface area contributed by atoms with Gasteiger partial charge in [0.05, 0.1) is 6.42 Å². The fourth-order valence-corrected chi connectivity index (χ4v) is 0.693. The second kappa shape index (κ2) is 5.81. The molecule has 10 heavy (non-hydrogen) atoms. The Morgan fingerprint density at radius 3 is 2.70 bits per heavy atom. The molecule has 0 aliphatic heterocycles. The molecule has 0 aliphatic rings. The van der Waals surface area contributed by atoms with Crippen LogP contribution < -0.4 is 0 Å². The fourth-order valence-electron chi connectivity index (χ4n) is 0.445. The van der Waals surface area contributed by atoms with Gasteiger partial charge in [0.25, 0.3) is 0 Å². The maximum Gasteiger partial charge on any atom is 0.308 e. The number of esters is 1. The van der Waals surface area contributed by atoms with Crippen molar-refractivity contribution < 1.29 is 9.53 Å². The molecule has 0 aliphatic carbocycles. The van der Waals surface area contributed by atoms with Gasteiger partial charge in [0.15, 0.2) is 6.07 Å². The third kappa shape index (κ3) is 4.89. The van der Waals surface area contributed by atoms with Crippen molar-refractivity contribution >= 4 is 29.2 Å². The molecule has 0 aromatic rings. The van der Waals surface area contributed by atoms with Crippen LogP contribution in [0.25, 0.3) is 0 Å². The van der Waals surface area contributed by atoms with Crippen LogP contribution in [0.2, 0.25) is 0 Å². The first kappa shape index (κ1) is 10.0. The van der Waals surface area contributed by atoms with Crippen molar-refractivity contribution in [1.29, 1.82) is 0 Å². The molecule has 0 heterocycles. The fraction of sp³-hybridized carbons (Fsp3) is 0.833. The summed E-state index contributed by atoms with van der Waals surface area (Å²) in [5.41, 5.74) is 0. The van der Waals surface area contributed by atoms with Gasteiger partial charge < -0.3 is 4.74 Å². The number of carbonyl (C=O) groups is 1. The lowest BCUT2D eigenvalue weighted by Crippen LogP contribution is -2.09. The van der Waals surface area contributed by atoms with Crippen LogP contribution >= 0.6 is 23.2 Å². The van der Waals surface area contributed by atoms with E-state index in [1.807, 2.05) is 6.92 Å². The SMILES string of the molecule is CCC(Cl)CC(=O)OCCl. The monoisotopic (exact) mass is 184 g/mol. The van der Waals surface area contributed by atoms with E-state index in [1.54, 1.807) is 0 Å². The molecule has 1 atom stereocenters. The second-order valence-corrected chi connectivity index (χ2v) is 2.67. The Bertz CT molecular complexity index is 106. The van der Waals surface area contributed by atoms with Gasteiger partial charge in [0.2, 0.25) is 0 Å². The Kier molecular flexibility index (Phi) is 5.84. The van der Waals surface area contributed by atoms with E-state index in [1.165, 1.54) is 0 Å². The van der Waals surface area contributed by atoms with E-state index in [0.29, 0.717) is 0 Å². The Labute approximate surface area is 70.4 Å². The van der Waals surface area contributed by atoms with E-state index < -0.39 is 0 Å². The maximum absolute atomic E-state index is 10.6. The van der Waals surface area contributed by atoms with Crippen LogP contribution in [0.5, 0.6) is 0 Å². The average molecular weight is 185 g/mol. The molecule has 0 amide bonds. The number of hydrogen-bond donors (Lipinski definition) is 0. The normalized spacial score (nSPS) is 12.7. The molecule has 0 saturated heterocycles. The van der Waals surface area contributed by atoms with Crippen LogP contribution in [-0.4, -0.2) is 17.4 Å². The van der Waals surface area contributed by atoms with Gasteiger partial charge in [-0.3, -0.25) is 4.79 Å². The van der Waals surface area contributed by atoms with Crippen LogP contribution in [0.1, 0.15) is 19.8 Å². The number of ether oxygens (including phenoxy) is 1. The molecule has 0 rings (SSSR count). The lowest BCUT2D eigenvalue weighted by atomic mass is 10.2. The second-order valence-electron chi connectivity index (χ2n) is 1.84. The summed E-state index contributed by atoms with van der Waals surface area (Å²) in [6, 6.07) is -0.0911. The van der Waals surface area contributed by atoms with Crippen LogP contribution in [0, 0.1) is 0 Å². The van der Waals surface area contributed by atoms with Crippen molar-refractivity contribution in [3.8, 4) is 0 Å². The first-order valence-electron chi connectivity index (χ1n) is 3.06. The summed E-state index contributed by atoms with van der Waals surface area (Å²) in [5, 5.41) is -0.129. The van der Waals surface area contributed by atoms with Gasteiger partial charge in [-0.05, 0) is 6.42 Å². The summed E-state index contributed by atoms with van der Waals surface area (Å²) in [6.07, 6.45) is 1.00. The predicted molar refractivity (Wildman–Crippen MR) is 41.4 cm³/mol. The van der Waals surface area contributed by atoms with E-state index in [-0.39, 0.29) is 23.8 Å². The minimum absolute atomic E-state index is 0.0911. The van der Waals surface area contributed by atoms with E-state index in [4.69, 9.17) is 23.2 Å². The zero-order valence-corrected chi connectivity index (χ0v) is 7.28. The van der Waals surface area contributed by atoms with Gasteiger partial charge in [-0.15, -0.1) is 11.6 Å². The summed E-state index contributed by atoms with van der Waals surface area (Å²) in [6.45, 7) is 1.91. The lowest BCUT2D eigenvalue weighted by Gasteiger charge is -2.03. The zero-order valence-electron chi connectivity index (χ0n) is 5.77. The third-order valence-electron chi connectivity index (χ3n) is 1.05. The van der Waals surface area contributed by atoms with E-state index in [0.717, 1.165) is 6.42 Å². The van der Waals surface area contributed by atoms with Crippen LogP contribution in [0.15, 0.2) is 0 Å². The van der Waals surface area contributed by atoms with Gasteiger partial charge in [-0.2, -0.15) is 0 Å². The van der Waals surface area contributed by atoms with Crippen molar-refractivity contribution in [3.05, 3.63) is 0 Å². The molecule has 0 aromatic carbocycles. The molecule has 0 saturated carbocycles. The molecule has 0 radical (unpaired) electrons. The molecular weight excluding hydrogens is 175 g/mol. The number of carbonyl (C=O) groups excluding carboxylic acids is 1. The highest BCUT2D eigenvalue weighted by molar-refractivity contribution is 6.21. The van der Waals surface area contributed by atoms with Crippen LogP contribution in [0.4, 0.5) is 0 Å². The summed E-state index contributed by atoms with van der Waals surface area (Å²) in [5.74, 6) is -0.336. The molecule has 4 heteroatoms. The number of hydrogen-bond acceptors (Lipinski definition) is 2. The first-order valence-corrected chi connectivity index (χ1v) is 4.03. The van der Waals surface area contributed by atoms with Gasteiger partial charge in [0, 0.05) is 5.38 Å². The number of rotatable bonds is 4.